The maximum absolute atomic E-state index is 7.09. The lowest BCUT2D eigenvalue weighted by Crippen LogP contribution is -2.56. The Morgan fingerprint density at radius 1 is 0.755 bits per heavy atom. The van der Waals surface area contributed by atoms with Gasteiger partial charge in [0.15, 0.2) is 4.96 Å². The van der Waals surface area contributed by atoms with Crippen LogP contribution >= 0.6 is 11.3 Å². The molecular formula is C43H45N3OSSi. The van der Waals surface area contributed by atoms with E-state index >= 15 is 0 Å². The highest BCUT2D eigenvalue weighted by molar-refractivity contribution is 7.23. The molecule has 248 valence electrons. The minimum absolute atomic E-state index is 0.0389. The van der Waals surface area contributed by atoms with Crippen molar-refractivity contribution in [2.24, 2.45) is 0 Å². The Morgan fingerprint density at radius 2 is 1.43 bits per heavy atom. The number of aromatic nitrogens is 3. The first-order valence-corrected chi connectivity index (χ1v) is 21.2. The molecule has 0 aliphatic carbocycles. The number of hydrogen-bond acceptors (Lipinski definition) is 4. The fraction of sp³-hybridized carbons (Fsp3) is 0.302. The fourth-order valence-corrected chi connectivity index (χ4v) is 11.7. The van der Waals surface area contributed by atoms with E-state index < -0.39 is 8.07 Å². The second-order valence-corrected chi connectivity index (χ2v) is 22.8. The predicted molar refractivity (Wildman–Crippen MR) is 211 cm³/mol. The number of ether oxygens (including phenoxy) is 1. The number of imidazole rings is 1. The van der Waals surface area contributed by atoms with Crippen LogP contribution in [-0.4, -0.2) is 22.4 Å². The number of para-hydroxylation sites is 4. The molecule has 0 bridgehead atoms. The van der Waals surface area contributed by atoms with Crippen LogP contribution in [0.3, 0.4) is 0 Å². The minimum atomic E-state index is -2.12. The SMILES string of the molecule is CC(C)(C)c1cnc(-c2cccc3c2Oc2ccccc2C(C)(C)[Si]3(C)C)c(C(C)(C)C)c1-c1cccc2c1nc1sc3ccccc3n12. The smallest absolute Gasteiger partial charge is 0.195 e. The van der Waals surface area contributed by atoms with Crippen LogP contribution in [0.25, 0.3) is 48.6 Å². The minimum Gasteiger partial charge on any atom is -0.456 e. The van der Waals surface area contributed by atoms with Gasteiger partial charge in [-0.3, -0.25) is 9.38 Å². The van der Waals surface area contributed by atoms with E-state index in [1.54, 1.807) is 11.3 Å². The molecule has 3 aromatic heterocycles. The van der Waals surface area contributed by atoms with Crippen molar-refractivity contribution in [3.05, 3.63) is 108 Å². The molecule has 0 radical (unpaired) electrons. The molecule has 49 heavy (non-hydrogen) atoms. The highest BCUT2D eigenvalue weighted by Crippen LogP contribution is 2.50. The summed E-state index contributed by atoms with van der Waals surface area (Å²) >= 11 is 1.75. The maximum Gasteiger partial charge on any atom is 0.195 e. The molecule has 0 N–H and O–H groups in total. The number of pyridine rings is 1. The molecule has 4 nitrogen and oxygen atoms in total. The van der Waals surface area contributed by atoms with Gasteiger partial charge in [0.2, 0.25) is 0 Å². The quantitative estimate of drug-likeness (QED) is 0.171. The predicted octanol–water partition coefficient (Wildman–Crippen LogP) is 11.6. The molecule has 0 atom stereocenters. The summed E-state index contributed by atoms with van der Waals surface area (Å²) in [5.41, 5.74) is 11.1. The van der Waals surface area contributed by atoms with Crippen LogP contribution in [0.2, 0.25) is 13.1 Å². The standard InChI is InChI=1S/C43H45N3OSSi/c1-41(2,3)29-25-44-38(27-18-16-24-34-39(27)47-32-22-13-11-19-28(32)43(7,8)49(34,9)10)36(42(4,5)6)35(29)26-17-15-21-31-37(26)45-40-46(31)30-20-12-14-23-33(30)48-40/h11-25H,1-10H3. The molecule has 0 amide bonds. The Labute approximate surface area is 294 Å². The van der Waals surface area contributed by atoms with E-state index in [1.807, 2.05) is 0 Å². The Kier molecular flexibility index (Phi) is 6.93. The Balaban J connectivity index is 1.48. The number of benzene rings is 4. The van der Waals surface area contributed by atoms with Gasteiger partial charge in [-0.15, -0.1) is 0 Å². The monoisotopic (exact) mass is 679 g/mol. The molecule has 0 spiro atoms. The van der Waals surface area contributed by atoms with Gasteiger partial charge in [0, 0.05) is 17.3 Å². The van der Waals surface area contributed by atoms with E-state index in [0.717, 1.165) is 44.3 Å². The average Bonchev–Trinajstić information content (AvgIpc) is 3.58. The zero-order valence-electron chi connectivity index (χ0n) is 30.3. The molecule has 1 aliphatic heterocycles. The normalized spacial score (nSPS) is 15.6. The average molecular weight is 680 g/mol. The van der Waals surface area contributed by atoms with Gasteiger partial charge in [0.1, 0.15) is 11.5 Å². The van der Waals surface area contributed by atoms with Crippen LogP contribution in [0.1, 0.15) is 72.1 Å². The van der Waals surface area contributed by atoms with Crippen molar-refractivity contribution in [2.45, 2.75) is 84.4 Å². The molecule has 0 saturated heterocycles. The lowest BCUT2D eigenvalue weighted by atomic mass is 9.73. The zero-order chi connectivity index (χ0) is 34.7. The molecule has 4 heterocycles. The number of fused-ring (bicyclic) bond motifs is 7. The van der Waals surface area contributed by atoms with Crippen LogP contribution in [0.4, 0.5) is 0 Å². The summed E-state index contributed by atoms with van der Waals surface area (Å²) in [6.45, 7) is 23.6. The lowest BCUT2D eigenvalue weighted by Gasteiger charge is -2.39. The van der Waals surface area contributed by atoms with Crippen LogP contribution < -0.4 is 9.92 Å². The molecule has 4 aromatic carbocycles. The van der Waals surface area contributed by atoms with Gasteiger partial charge in [-0.05, 0) is 73.6 Å². The molecule has 8 rings (SSSR count). The topological polar surface area (TPSA) is 39.4 Å². The van der Waals surface area contributed by atoms with Crippen molar-refractivity contribution >= 4 is 50.8 Å². The summed E-state index contributed by atoms with van der Waals surface area (Å²) < 4.78 is 10.7. The summed E-state index contributed by atoms with van der Waals surface area (Å²) in [5.74, 6) is 1.90. The third kappa shape index (κ3) is 4.67. The van der Waals surface area contributed by atoms with Crippen LogP contribution in [-0.2, 0) is 15.9 Å². The van der Waals surface area contributed by atoms with Crippen LogP contribution in [0, 0.1) is 0 Å². The Bertz CT molecular complexity index is 2450. The second-order valence-electron chi connectivity index (χ2n) is 16.8. The summed E-state index contributed by atoms with van der Waals surface area (Å²) in [4.78, 5) is 11.8. The van der Waals surface area contributed by atoms with Gasteiger partial charge < -0.3 is 4.74 Å². The van der Waals surface area contributed by atoms with Crippen LogP contribution in [0.15, 0.2) is 91.1 Å². The largest absolute Gasteiger partial charge is 0.456 e. The van der Waals surface area contributed by atoms with E-state index in [0.29, 0.717) is 0 Å². The summed E-state index contributed by atoms with van der Waals surface area (Å²) in [7, 11) is -2.12. The molecule has 6 heteroatoms. The Hall–Kier alpha value is -4.26. The third-order valence-electron chi connectivity index (χ3n) is 11.1. The van der Waals surface area contributed by atoms with Gasteiger partial charge in [0.05, 0.1) is 35.0 Å². The van der Waals surface area contributed by atoms with Crippen molar-refractivity contribution in [2.75, 3.05) is 0 Å². The molecule has 7 aromatic rings. The first-order valence-electron chi connectivity index (χ1n) is 17.3. The summed E-state index contributed by atoms with van der Waals surface area (Å²) in [6, 6.07) is 30.7. The van der Waals surface area contributed by atoms with E-state index in [9.17, 15) is 0 Å². The first-order chi connectivity index (χ1) is 23.1. The summed E-state index contributed by atoms with van der Waals surface area (Å²) in [5, 5.41) is 1.29. The molecule has 1 aliphatic rings. The van der Waals surface area contributed by atoms with Gasteiger partial charge in [0.25, 0.3) is 0 Å². The third-order valence-corrected chi connectivity index (χ3v) is 17.3. The lowest BCUT2D eigenvalue weighted by molar-refractivity contribution is 0.478. The van der Waals surface area contributed by atoms with Crippen LogP contribution in [0.5, 0.6) is 11.5 Å². The van der Waals surface area contributed by atoms with Crippen molar-refractivity contribution in [3.8, 4) is 33.9 Å². The molecular weight excluding hydrogens is 635 g/mol. The molecule has 0 saturated carbocycles. The first kappa shape index (κ1) is 32.0. The maximum atomic E-state index is 7.09. The van der Waals surface area contributed by atoms with Gasteiger partial charge in [-0.1, -0.05) is 134 Å². The second kappa shape index (κ2) is 10.6. The van der Waals surface area contributed by atoms with Gasteiger partial charge in [-0.2, -0.15) is 0 Å². The van der Waals surface area contributed by atoms with Crippen molar-refractivity contribution in [1.82, 2.24) is 14.4 Å². The number of nitrogens with zero attached hydrogens (tertiary/aromatic N) is 3. The highest BCUT2D eigenvalue weighted by Gasteiger charge is 2.47. The van der Waals surface area contributed by atoms with Crippen molar-refractivity contribution in [1.29, 1.82) is 0 Å². The van der Waals surface area contributed by atoms with E-state index in [1.165, 1.54) is 37.7 Å². The zero-order valence-corrected chi connectivity index (χ0v) is 32.1. The van der Waals surface area contributed by atoms with E-state index in [4.69, 9.17) is 14.7 Å². The summed E-state index contributed by atoms with van der Waals surface area (Å²) in [6.07, 6.45) is 2.13. The Morgan fingerprint density at radius 3 is 2.18 bits per heavy atom. The fourth-order valence-electron chi connectivity index (χ4n) is 7.88. The molecule has 0 fully saturated rings. The van der Waals surface area contributed by atoms with Gasteiger partial charge in [-0.25, -0.2) is 4.98 Å². The number of rotatable bonds is 2. The van der Waals surface area contributed by atoms with E-state index in [-0.39, 0.29) is 15.9 Å². The molecule has 0 unspecified atom stereocenters. The van der Waals surface area contributed by atoms with Crippen molar-refractivity contribution in [3.63, 3.8) is 0 Å². The highest BCUT2D eigenvalue weighted by atomic mass is 32.1. The van der Waals surface area contributed by atoms with Gasteiger partial charge >= 0.3 is 0 Å². The van der Waals surface area contributed by atoms with E-state index in [2.05, 4.69) is 164 Å². The number of hydrogen-bond donors (Lipinski definition) is 0. The van der Waals surface area contributed by atoms with Crippen molar-refractivity contribution < 1.29 is 4.74 Å². The number of thiazole rings is 1.